The monoisotopic (exact) mass is 416 g/mol. The molecule has 29 heavy (non-hydrogen) atoms. The van der Waals surface area contributed by atoms with E-state index < -0.39 is 0 Å². The minimum absolute atomic E-state index is 0.138. The van der Waals surface area contributed by atoms with Gasteiger partial charge >= 0.3 is 0 Å². The molecule has 0 bridgehead atoms. The van der Waals surface area contributed by atoms with Crippen LogP contribution < -0.4 is 0 Å². The molecule has 1 aromatic carbocycles. The minimum Gasteiger partial charge on any atom is -0.508 e. The van der Waals surface area contributed by atoms with Gasteiger partial charge in [-0.05, 0) is 63.3 Å². The van der Waals surface area contributed by atoms with E-state index in [1.807, 2.05) is 17.0 Å². The van der Waals surface area contributed by atoms with Gasteiger partial charge in [-0.25, -0.2) is 0 Å². The molecule has 8 heteroatoms. The number of nitrogens with zero attached hydrogens (tertiary/aromatic N) is 4. The van der Waals surface area contributed by atoms with E-state index >= 15 is 0 Å². The smallest absolute Gasteiger partial charge is 0.233 e. The van der Waals surface area contributed by atoms with Crippen LogP contribution in [0.5, 0.6) is 5.75 Å². The molecule has 0 saturated carbocycles. The third kappa shape index (κ3) is 4.75. The third-order valence-corrected chi connectivity index (χ3v) is 6.65. The number of rotatable bonds is 6. The van der Waals surface area contributed by atoms with Gasteiger partial charge < -0.3 is 14.7 Å². The minimum atomic E-state index is 0.138. The van der Waals surface area contributed by atoms with E-state index in [-0.39, 0.29) is 17.8 Å². The van der Waals surface area contributed by atoms with Crippen LogP contribution in [-0.2, 0) is 16.1 Å². The molecule has 2 saturated heterocycles. The van der Waals surface area contributed by atoms with Gasteiger partial charge in [0, 0.05) is 24.8 Å². The molecule has 0 radical (unpaired) electrons. The van der Waals surface area contributed by atoms with Gasteiger partial charge in [-0.1, -0.05) is 11.8 Å². The second kappa shape index (κ2) is 9.17. The van der Waals surface area contributed by atoms with Crippen LogP contribution in [0.25, 0.3) is 11.4 Å². The lowest BCUT2D eigenvalue weighted by molar-refractivity contribution is -0.131. The molecule has 2 atom stereocenters. The Morgan fingerprint density at radius 1 is 1.21 bits per heavy atom. The van der Waals surface area contributed by atoms with E-state index in [9.17, 15) is 9.90 Å². The molecule has 2 aliphatic rings. The van der Waals surface area contributed by atoms with E-state index in [1.54, 1.807) is 12.1 Å². The van der Waals surface area contributed by atoms with Gasteiger partial charge in [0.05, 0.1) is 18.4 Å². The maximum absolute atomic E-state index is 12.7. The number of aromatic nitrogens is 3. The molecule has 3 heterocycles. The fraction of sp³-hybridized carbons (Fsp3) is 0.571. The highest BCUT2D eigenvalue weighted by molar-refractivity contribution is 7.99. The van der Waals surface area contributed by atoms with Crippen LogP contribution in [0.1, 0.15) is 39.0 Å². The standard InChI is InChI=1S/C21H28N4O3S/c1-15-5-2-3-11-24(15)19(27)14-29-21-23-22-20(16-7-9-17(26)10-8-16)25(21)13-18-6-4-12-28-18/h7-10,15,18,26H,2-6,11-14H2,1H3. The summed E-state index contributed by atoms with van der Waals surface area (Å²) in [5, 5.41) is 19.1. The van der Waals surface area contributed by atoms with Crippen LogP contribution in [-0.4, -0.2) is 61.7 Å². The maximum Gasteiger partial charge on any atom is 0.233 e. The first-order valence-electron chi connectivity index (χ1n) is 10.4. The Morgan fingerprint density at radius 2 is 2.03 bits per heavy atom. The summed E-state index contributed by atoms with van der Waals surface area (Å²) in [6.45, 7) is 4.43. The van der Waals surface area contributed by atoms with Crippen LogP contribution in [0.2, 0.25) is 0 Å². The molecule has 7 nitrogen and oxygen atoms in total. The second-order valence-corrected chi connectivity index (χ2v) is 8.76. The highest BCUT2D eigenvalue weighted by Crippen LogP contribution is 2.28. The summed E-state index contributed by atoms with van der Waals surface area (Å²) in [4.78, 5) is 14.7. The molecule has 1 amide bonds. The SMILES string of the molecule is CC1CCCCN1C(=O)CSc1nnc(-c2ccc(O)cc2)n1CC1CCCO1. The maximum atomic E-state index is 12.7. The van der Waals surface area contributed by atoms with Gasteiger partial charge in [0.25, 0.3) is 0 Å². The molecular formula is C21H28N4O3S. The van der Waals surface area contributed by atoms with Crippen molar-refractivity contribution in [3.63, 3.8) is 0 Å². The number of thioether (sulfide) groups is 1. The van der Waals surface area contributed by atoms with Gasteiger partial charge in [-0.15, -0.1) is 10.2 Å². The summed E-state index contributed by atoms with van der Waals surface area (Å²) < 4.78 is 7.88. The molecule has 2 aromatic rings. The Morgan fingerprint density at radius 3 is 2.76 bits per heavy atom. The molecule has 4 rings (SSSR count). The van der Waals surface area contributed by atoms with Gasteiger partial charge in [0.15, 0.2) is 11.0 Å². The van der Waals surface area contributed by atoms with Crippen molar-refractivity contribution in [3.05, 3.63) is 24.3 Å². The molecule has 2 unspecified atom stereocenters. The van der Waals surface area contributed by atoms with Gasteiger partial charge in [0.2, 0.25) is 5.91 Å². The first-order chi connectivity index (χ1) is 14.1. The summed E-state index contributed by atoms with van der Waals surface area (Å²) in [7, 11) is 0. The lowest BCUT2D eigenvalue weighted by Gasteiger charge is -2.33. The molecular weight excluding hydrogens is 388 g/mol. The van der Waals surface area contributed by atoms with Crippen molar-refractivity contribution in [1.29, 1.82) is 0 Å². The van der Waals surface area contributed by atoms with E-state index in [2.05, 4.69) is 21.7 Å². The zero-order valence-electron chi connectivity index (χ0n) is 16.8. The average molecular weight is 417 g/mol. The van der Waals surface area contributed by atoms with Crippen molar-refractivity contribution >= 4 is 17.7 Å². The fourth-order valence-electron chi connectivity index (χ4n) is 4.05. The predicted octanol–water partition coefficient (Wildman–Crippen LogP) is 3.32. The van der Waals surface area contributed by atoms with E-state index in [0.717, 1.165) is 55.4 Å². The van der Waals surface area contributed by atoms with Crippen molar-refractivity contribution in [1.82, 2.24) is 19.7 Å². The highest BCUT2D eigenvalue weighted by atomic mass is 32.2. The topological polar surface area (TPSA) is 80.5 Å². The van der Waals surface area contributed by atoms with E-state index in [1.165, 1.54) is 18.2 Å². The largest absolute Gasteiger partial charge is 0.508 e. The van der Waals surface area contributed by atoms with E-state index in [4.69, 9.17) is 4.74 Å². The number of carbonyl (C=O) groups is 1. The number of hydrogen-bond acceptors (Lipinski definition) is 6. The van der Waals surface area contributed by atoms with Gasteiger partial charge in [-0.2, -0.15) is 0 Å². The zero-order chi connectivity index (χ0) is 20.2. The zero-order valence-corrected chi connectivity index (χ0v) is 17.6. The Bertz CT molecular complexity index is 833. The Labute approximate surface area is 175 Å². The summed E-state index contributed by atoms with van der Waals surface area (Å²) in [5.41, 5.74) is 0.885. The number of phenols is 1. The number of phenolic OH excluding ortho intramolecular Hbond substituents is 1. The number of likely N-dealkylation sites (tertiary alicyclic amines) is 1. The normalized spacial score (nSPS) is 22.2. The number of amides is 1. The van der Waals surface area contributed by atoms with Crippen molar-refractivity contribution in [2.24, 2.45) is 0 Å². The van der Waals surface area contributed by atoms with Crippen LogP contribution in [0.4, 0.5) is 0 Å². The van der Waals surface area contributed by atoms with Gasteiger partial charge in [0.1, 0.15) is 5.75 Å². The Kier molecular flexibility index (Phi) is 6.40. The number of piperidine rings is 1. The first-order valence-corrected chi connectivity index (χ1v) is 11.4. The van der Waals surface area contributed by atoms with Crippen LogP contribution in [0, 0.1) is 0 Å². The number of aromatic hydroxyl groups is 1. The van der Waals surface area contributed by atoms with Crippen molar-refractivity contribution in [2.75, 3.05) is 18.9 Å². The molecule has 2 aliphatic heterocycles. The van der Waals surface area contributed by atoms with Crippen LogP contribution in [0.15, 0.2) is 29.4 Å². The number of ether oxygens (including phenoxy) is 1. The summed E-state index contributed by atoms with van der Waals surface area (Å²) in [6, 6.07) is 7.28. The van der Waals surface area contributed by atoms with E-state index in [0.29, 0.717) is 18.3 Å². The number of benzene rings is 1. The van der Waals surface area contributed by atoms with Crippen LogP contribution >= 0.6 is 11.8 Å². The van der Waals surface area contributed by atoms with Gasteiger partial charge in [-0.3, -0.25) is 9.36 Å². The average Bonchev–Trinajstić information content (AvgIpc) is 3.38. The highest BCUT2D eigenvalue weighted by Gasteiger charge is 2.25. The first kappa shape index (κ1) is 20.2. The van der Waals surface area contributed by atoms with Crippen molar-refractivity contribution in [3.8, 4) is 17.1 Å². The fourth-order valence-corrected chi connectivity index (χ4v) is 4.89. The molecule has 156 valence electrons. The molecule has 1 aromatic heterocycles. The molecule has 0 aliphatic carbocycles. The number of hydrogen-bond donors (Lipinski definition) is 1. The summed E-state index contributed by atoms with van der Waals surface area (Å²) >= 11 is 1.45. The second-order valence-electron chi connectivity index (χ2n) is 7.82. The molecule has 2 fully saturated rings. The quantitative estimate of drug-likeness (QED) is 0.728. The van der Waals surface area contributed by atoms with Crippen molar-refractivity contribution < 1.29 is 14.6 Å². The lowest BCUT2D eigenvalue weighted by Crippen LogP contribution is -2.43. The summed E-state index contributed by atoms with van der Waals surface area (Å²) in [5.74, 6) is 1.49. The molecule has 1 N–H and O–H groups in total. The summed E-state index contributed by atoms with van der Waals surface area (Å²) in [6.07, 6.45) is 5.58. The van der Waals surface area contributed by atoms with Crippen LogP contribution in [0.3, 0.4) is 0 Å². The molecule has 0 spiro atoms. The lowest BCUT2D eigenvalue weighted by atomic mass is 10.0. The third-order valence-electron chi connectivity index (χ3n) is 5.70. The number of carbonyl (C=O) groups excluding carboxylic acids is 1. The predicted molar refractivity (Wildman–Crippen MR) is 112 cm³/mol. The Balaban J connectivity index is 1.52. The Hall–Kier alpha value is -2.06. The van der Waals surface area contributed by atoms with Crippen molar-refractivity contribution in [2.45, 2.75) is 62.9 Å².